The van der Waals surface area contributed by atoms with Crippen LogP contribution in [0, 0.1) is 11.3 Å². The smallest absolute Gasteiger partial charge is 0.204 e. The van der Waals surface area contributed by atoms with E-state index in [0.717, 1.165) is 28.8 Å². The standard InChI is InChI=1S/C14H14BrN3O.C5H11NO2/c15-13-11-6-10(7-16)19-12(11)8-17-14(13)18-9-4-2-1-3-5-9;1-8-5(4-7)2-6-3-5/h6,8-9H,1-5H2,(H,17,18);6-7H,2-4H2,1H3. The number of aliphatic hydroxyl groups excluding tert-OH is 1. The van der Waals surface area contributed by atoms with E-state index in [4.69, 9.17) is 19.5 Å². The van der Waals surface area contributed by atoms with Crippen LogP contribution >= 0.6 is 15.9 Å². The van der Waals surface area contributed by atoms with Crippen LogP contribution in [0.2, 0.25) is 0 Å². The van der Waals surface area contributed by atoms with E-state index < -0.39 is 0 Å². The molecular weight excluding hydrogens is 412 g/mol. The molecule has 4 rings (SSSR count). The molecule has 1 aliphatic carbocycles. The summed E-state index contributed by atoms with van der Waals surface area (Å²) in [6.45, 7) is 1.68. The fourth-order valence-electron chi connectivity index (χ4n) is 3.30. The summed E-state index contributed by atoms with van der Waals surface area (Å²) in [7, 11) is 1.62. The highest BCUT2D eigenvalue weighted by Crippen LogP contribution is 2.33. The van der Waals surface area contributed by atoms with Gasteiger partial charge in [0, 0.05) is 37.7 Å². The monoisotopic (exact) mass is 436 g/mol. The second-order valence-corrected chi connectivity index (χ2v) is 7.84. The molecular formula is C19H25BrN4O3. The Morgan fingerprint density at radius 2 is 2.19 bits per heavy atom. The number of fused-ring (bicyclic) bond motifs is 1. The van der Waals surface area contributed by atoms with Gasteiger partial charge in [0.1, 0.15) is 17.5 Å². The first-order valence-corrected chi connectivity index (χ1v) is 10.0. The molecule has 0 bridgehead atoms. The van der Waals surface area contributed by atoms with Gasteiger partial charge in [-0.3, -0.25) is 0 Å². The maximum Gasteiger partial charge on any atom is 0.204 e. The summed E-state index contributed by atoms with van der Waals surface area (Å²) in [6, 6.07) is 4.25. The van der Waals surface area contributed by atoms with Gasteiger partial charge in [0.2, 0.25) is 5.76 Å². The van der Waals surface area contributed by atoms with Crippen molar-refractivity contribution in [3.8, 4) is 6.07 Å². The van der Waals surface area contributed by atoms with E-state index in [9.17, 15) is 0 Å². The third-order valence-corrected chi connectivity index (χ3v) is 5.99. The number of hydrogen-bond acceptors (Lipinski definition) is 7. The molecule has 2 aliphatic rings. The van der Waals surface area contributed by atoms with Gasteiger partial charge >= 0.3 is 0 Å². The molecule has 3 N–H and O–H groups in total. The van der Waals surface area contributed by atoms with Crippen LogP contribution in [-0.2, 0) is 4.74 Å². The van der Waals surface area contributed by atoms with E-state index in [2.05, 4.69) is 31.5 Å². The Morgan fingerprint density at radius 1 is 1.44 bits per heavy atom. The van der Waals surface area contributed by atoms with E-state index in [1.165, 1.54) is 32.1 Å². The SMILES string of the molecule is COC1(CO)CNC1.N#Cc1cc2c(Br)c(NC3CCCCC3)ncc2o1. The van der Waals surface area contributed by atoms with E-state index in [0.29, 0.717) is 17.4 Å². The lowest BCUT2D eigenvalue weighted by atomic mass is 9.95. The fraction of sp³-hybridized carbons (Fsp3) is 0.579. The van der Waals surface area contributed by atoms with Crippen molar-refractivity contribution in [2.24, 2.45) is 0 Å². The third kappa shape index (κ3) is 4.61. The number of anilines is 1. The minimum Gasteiger partial charge on any atom is -0.444 e. The second kappa shape index (κ2) is 9.02. The van der Waals surface area contributed by atoms with Crippen molar-refractivity contribution in [1.29, 1.82) is 5.26 Å². The molecule has 1 saturated heterocycles. The van der Waals surface area contributed by atoms with Gasteiger partial charge in [-0.15, -0.1) is 0 Å². The number of nitriles is 1. The van der Waals surface area contributed by atoms with Gasteiger partial charge < -0.3 is 24.9 Å². The van der Waals surface area contributed by atoms with Crippen LogP contribution in [0.4, 0.5) is 5.82 Å². The highest BCUT2D eigenvalue weighted by atomic mass is 79.9. The predicted molar refractivity (Wildman–Crippen MR) is 107 cm³/mol. The Morgan fingerprint density at radius 3 is 2.70 bits per heavy atom. The van der Waals surface area contributed by atoms with Gasteiger partial charge in [0.25, 0.3) is 0 Å². The van der Waals surface area contributed by atoms with Gasteiger partial charge in [0.05, 0.1) is 17.3 Å². The summed E-state index contributed by atoms with van der Waals surface area (Å²) in [5, 5.41) is 24.9. The molecule has 2 fully saturated rings. The summed E-state index contributed by atoms with van der Waals surface area (Å²) >= 11 is 3.56. The number of aliphatic hydroxyl groups is 1. The quantitative estimate of drug-likeness (QED) is 0.675. The predicted octanol–water partition coefficient (Wildman–Crippen LogP) is 3.17. The number of nitrogens with zero attached hydrogens (tertiary/aromatic N) is 2. The highest BCUT2D eigenvalue weighted by Gasteiger charge is 2.35. The minimum atomic E-state index is -0.250. The number of furan rings is 1. The summed E-state index contributed by atoms with van der Waals surface area (Å²) in [6.07, 6.45) is 7.96. The zero-order valence-corrected chi connectivity index (χ0v) is 17.0. The van der Waals surface area contributed by atoms with E-state index in [1.807, 2.05) is 6.07 Å². The number of ether oxygens (including phenoxy) is 1. The Hall–Kier alpha value is -1.66. The molecule has 146 valence electrons. The molecule has 2 aromatic rings. The van der Waals surface area contributed by atoms with Gasteiger partial charge in [-0.1, -0.05) is 19.3 Å². The second-order valence-electron chi connectivity index (χ2n) is 7.05. The van der Waals surface area contributed by atoms with Crippen molar-refractivity contribution < 1.29 is 14.3 Å². The minimum absolute atomic E-state index is 0.122. The number of aromatic nitrogens is 1. The average Bonchev–Trinajstić information content (AvgIpc) is 3.10. The van der Waals surface area contributed by atoms with Crippen molar-refractivity contribution in [3.63, 3.8) is 0 Å². The van der Waals surface area contributed by atoms with Crippen molar-refractivity contribution in [2.75, 3.05) is 32.1 Å². The van der Waals surface area contributed by atoms with Crippen molar-refractivity contribution >= 4 is 32.7 Å². The lowest BCUT2D eigenvalue weighted by Gasteiger charge is -2.39. The number of halogens is 1. The molecule has 0 aromatic carbocycles. The maximum atomic E-state index is 8.86. The van der Waals surface area contributed by atoms with Gasteiger partial charge in [0.15, 0.2) is 5.58 Å². The van der Waals surface area contributed by atoms with Crippen LogP contribution in [0.5, 0.6) is 0 Å². The van der Waals surface area contributed by atoms with E-state index >= 15 is 0 Å². The molecule has 0 amide bonds. The topological polar surface area (TPSA) is 103 Å². The molecule has 1 saturated carbocycles. The van der Waals surface area contributed by atoms with Gasteiger partial charge in [-0.05, 0) is 28.8 Å². The molecule has 8 heteroatoms. The van der Waals surface area contributed by atoms with Gasteiger partial charge in [-0.25, -0.2) is 4.98 Å². The van der Waals surface area contributed by atoms with Crippen LogP contribution in [0.15, 0.2) is 21.2 Å². The van der Waals surface area contributed by atoms with E-state index in [-0.39, 0.29) is 12.2 Å². The first-order valence-electron chi connectivity index (χ1n) is 9.22. The average molecular weight is 437 g/mol. The lowest BCUT2D eigenvalue weighted by Crippen LogP contribution is -2.62. The normalized spacial score (nSPS) is 18.9. The molecule has 1 aliphatic heterocycles. The molecule has 0 radical (unpaired) electrons. The zero-order valence-electron chi connectivity index (χ0n) is 15.4. The fourth-order valence-corrected chi connectivity index (χ4v) is 3.83. The molecule has 2 aromatic heterocycles. The summed E-state index contributed by atoms with van der Waals surface area (Å²) in [4.78, 5) is 4.39. The maximum absolute atomic E-state index is 8.86. The Kier molecular flexibility index (Phi) is 6.71. The number of methoxy groups -OCH3 is 1. The third-order valence-electron chi connectivity index (χ3n) is 5.19. The van der Waals surface area contributed by atoms with Crippen LogP contribution < -0.4 is 10.6 Å². The number of pyridine rings is 1. The molecule has 0 atom stereocenters. The first-order chi connectivity index (χ1) is 13.1. The highest BCUT2D eigenvalue weighted by molar-refractivity contribution is 9.10. The van der Waals surface area contributed by atoms with Crippen molar-refractivity contribution in [2.45, 2.75) is 43.7 Å². The number of rotatable bonds is 4. The summed E-state index contributed by atoms with van der Waals surface area (Å²) < 4.78 is 11.2. The summed E-state index contributed by atoms with van der Waals surface area (Å²) in [5.74, 6) is 1.15. The van der Waals surface area contributed by atoms with Crippen molar-refractivity contribution in [1.82, 2.24) is 10.3 Å². The summed E-state index contributed by atoms with van der Waals surface area (Å²) in [5.41, 5.74) is 0.387. The van der Waals surface area contributed by atoms with E-state index in [1.54, 1.807) is 19.4 Å². The molecule has 0 spiro atoms. The molecule has 7 nitrogen and oxygen atoms in total. The van der Waals surface area contributed by atoms with Crippen molar-refractivity contribution in [3.05, 3.63) is 22.5 Å². The van der Waals surface area contributed by atoms with Crippen LogP contribution in [0.25, 0.3) is 11.0 Å². The van der Waals surface area contributed by atoms with Crippen LogP contribution in [0.1, 0.15) is 37.9 Å². The van der Waals surface area contributed by atoms with Crippen LogP contribution in [0.3, 0.4) is 0 Å². The van der Waals surface area contributed by atoms with Crippen LogP contribution in [-0.4, -0.2) is 48.5 Å². The molecule has 0 unspecified atom stereocenters. The Bertz CT molecular complexity index is 794. The number of nitrogens with one attached hydrogen (secondary N) is 2. The Labute approximate surface area is 167 Å². The molecule has 3 heterocycles. The lowest BCUT2D eigenvalue weighted by molar-refractivity contribution is -0.0856. The zero-order chi connectivity index (χ0) is 19.3. The largest absolute Gasteiger partial charge is 0.444 e. The Balaban J connectivity index is 0.000000221. The first kappa shape index (κ1) is 20.1. The molecule has 27 heavy (non-hydrogen) atoms. The number of hydrogen-bond donors (Lipinski definition) is 3. The van der Waals surface area contributed by atoms with Gasteiger partial charge in [-0.2, -0.15) is 5.26 Å².